The minimum Gasteiger partial charge on any atom is -0.383 e. The average Bonchev–Trinajstić information content (AvgIpc) is 2.34. The normalized spacial score (nSPS) is 10.9. The molecule has 0 aliphatic heterocycles. The van der Waals surface area contributed by atoms with Crippen molar-refractivity contribution in [1.82, 2.24) is 4.90 Å². The fourth-order valence-corrected chi connectivity index (χ4v) is 1.76. The summed E-state index contributed by atoms with van der Waals surface area (Å²) in [6.45, 7) is 6.32. The lowest BCUT2D eigenvalue weighted by Crippen LogP contribution is -2.43. The SMILES string of the molecule is CCC(CC)N(CCOC)C(=O)COCCN. The van der Waals surface area contributed by atoms with Crippen LogP contribution in [0.15, 0.2) is 0 Å². The monoisotopic (exact) mass is 246 g/mol. The lowest BCUT2D eigenvalue weighted by molar-refractivity contribution is -0.139. The highest BCUT2D eigenvalue weighted by molar-refractivity contribution is 5.77. The maximum absolute atomic E-state index is 12.0. The van der Waals surface area contributed by atoms with E-state index in [-0.39, 0.29) is 18.6 Å². The summed E-state index contributed by atoms with van der Waals surface area (Å²) in [5.41, 5.74) is 5.31. The zero-order valence-corrected chi connectivity index (χ0v) is 11.3. The summed E-state index contributed by atoms with van der Waals surface area (Å²) in [6, 6.07) is 0.263. The summed E-state index contributed by atoms with van der Waals surface area (Å²) < 4.78 is 10.2. The first kappa shape index (κ1) is 16.4. The van der Waals surface area contributed by atoms with Gasteiger partial charge in [-0.25, -0.2) is 0 Å². The van der Waals surface area contributed by atoms with Crippen LogP contribution in [0.3, 0.4) is 0 Å². The minimum atomic E-state index is 0.0178. The van der Waals surface area contributed by atoms with Crippen molar-refractivity contribution in [2.24, 2.45) is 5.73 Å². The van der Waals surface area contributed by atoms with Crippen molar-refractivity contribution in [3.63, 3.8) is 0 Å². The molecule has 0 aromatic rings. The van der Waals surface area contributed by atoms with Gasteiger partial charge in [-0.15, -0.1) is 0 Å². The second kappa shape index (κ2) is 10.5. The maximum Gasteiger partial charge on any atom is 0.248 e. The molecule has 0 spiro atoms. The van der Waals surface area contributed by atoms with Crippen molar-refractivity contribution >= 4 is 5.91 Å². The lowest BCUT2D eigenvalue weighted by atomic mass is 10.1. The van der Waals surface area contributed by atoms with E-state index in [9.17, 15) is 4.79 Å². The third kappa shape index (κ3) is 6.61. The molecule has 0 aromatic carbocycles. The van der Waals surface area contributed by atoms with Crippen LogP contribution in [-0.2, 0) is 14.3 Å². The van der Waals surface area contributed by atoms with Gasteiger partial charge in [0.25, 0.3) is 0 Å². The van der Waals surface area contributed by atoms with E-state index in [1.54, 1.807) is 7.11 Å². The van der Waals surface area contributed by atoms with Crippen LogP contribution in [0.25, 0.3) is 0 Å². The van der Waals surface area contributed by atoms with Crippen molar-refractivity contribution in [3.8, 4) is 0 Å². The largest absolute Gasteiger partial charge is 0.383 e. The molecule has 0 fully saturated rings. The van der Waals surface area contributed by atoms with E-state index in [1.165, 1.54) is 0 Å². The first-order chi connectivity index (χ1) is 8.21. The van der Waals surface area contributed by atoms with E-state index in [4.69, 9.17) is 15.2 Å². The number of rotatable bonds is 10. The van der Waals surface area contributed by atoms with Gasteiger partial charge in [0.05, 0.1) is 13.2 Å². The third-order valence-corrected chi connectivity index (χ3v) is 2.73. The molecule has 0 unspecified atom stereocenters. The number of hydrogen-bond donors (Lipinski definition) is 1. The van der Waals surface area contributed by atoms with Crippen LogP contribution in [0, 0.1) is 0 Å². The van der Waals surface area contributed by atoms with Crippen molar-refractivity contribution in [2.75, 3.05) is 40.0 Å². The Kier molecular flexibility index (Phi) is 10.1. The second-order valence-electron chi connectivity index (χ2n) is 3.89. The number of amides is 1. The van der Waals surface area contributed by atoms with Gasteiger partial charge in [0.1, 0.15) is 6.61 Å². The molecule has 0 saturated carbocycles. The Hall–Kier alpha value is -0.650. The third-order valence-electron chi connectivity index (χ3n) is 2.73. The number of ether oxygens (including phenoxy) is 2. The van der Waals surface area contributed by atoms with Crippen molar-refractivity contribution in [3.05, 3.63) is 0 Å². The molecular weight excluding hydrogens is 220 g/mol. The van der Waals surface area contributed by atoms with Crippen LogP contribution in [0.5, 0.6) is 0 Å². The predicted octanol–water partition coefficient (Wildman–Crippen LogP) is 0.625. The molecule has 5 heteroatoms. The summed E-state index contributed by atoms with van der Waals surface area (Å²) in [7, 11) is 1.64. The standard InChI is InChI=1S/C12H26N2O3/c1-4-11(5-2)14(7-9-16-3)12(15)10-17-8-6-13/h11H,4-10,13H2,1-3H3. The first-order valence-corrected chi connectivity index (χ1v) is 6.27. The average molecular weight is 246 g/mol. The zero-order valence-electron chi connectivity index (χ0n) is 11.3. The number of carbonyl (C=O) groups is 1. The second-order valence-corrected chi connectivity index (χ2v) is 3.89. The highest BCUT2D eigenvalue weighted by Crippen LogP contribution is 2.09. The number of methoxy groups -OCH3 is 1. The smallest absolute Gasteiger partial charge is 0.248 e. The van der Waals surface area contributed by atoms with Crippen molar-refractivity contribution < 1.29 is 14.3 Å². The van der Waals surface area contributed by atoms with Gasteiger partial charge < -0.3 is 20.1 Å². The van der Waals surface area contributed by atoms with E-state index in [0.717, 1.165) is 12.8 Å². The molecule has 0 aromatic heterocycles. The fourth-order valence-electron chi connectivity index (χ4n) is 1.76. The Morgan fingerprint density at radius 2 is 1.94 bits per heavy atom. The summed E-state index contributed by atoms with van der Waals surface area (Å²) in [4.78, 5) is 13.8. The summed E-state index contributed by atoms with van der Waals surface area (Å²) in [5, 5.41) is 0. The minimum absolute atomic E-state index is 0.0178. The van der Waals surface area contributed by atoms with Gasteiger partial charge in [0, 0.05) is 26.2 Å². The van der Waals surface area contributed by atoms with Gasteiger partial charge in [0.15, 0.2) is 0 Å². The van der Waals surface area contributed by atoms with Crippen LogP contribution in [-0.4, -0.2) is 56.9 Å². The van der Waals surface area contributed by atoms with Gasteiger partial charge in [0.2, 0.25) is 5.91 Å². The maximum atomic E-state index is 12.0. The van der Waals surface area contributed by atoms with Crippen LogP contribution in [0.4, 0.5) is 0 Å². The number of hydrogen-bond acceptors (Lipinski definition) is 4. The van der Waals surface area contributed by atoms with Crippen LogP contribution in [0.2, 0.25) is 0 Å². The van der Waals surface area contributed by atoms with Gasteiger partial charge in [-0.3, -0.25) is 4.79 Å². The molecule has 2 N–H and O–H groups in total. The Morgan fingerprint density at radius 1 is 1.29 bits per heavy atom. The molecule has 0 rings (SSSR count). The summed E-state index contributed by atoms with van der Waals surface area (Å²) >= 11 is 0. The number of nitrogens with zero attached hydrogens (tertiary/aromatic N) is 1. The molecule has 0 saturated heterocycles. The molecule has 5 nitrogen and oxygen atoms in total. The Balaban J connectivity index is 4.27. The van der Waals surface area contributed by atoms with Crippen LogP contribution >= 0.6 is 0 Å². The van der Waals surface area contributed by atoms with Crippen LogP contribution in [0.1, 0.15) is 26.7 Å². The summed E-state index contributed by atoms with van der Waals surface area (Å²) in [6.07, 6.45) is 1.89. The fraction of sp³-hybridized carbons (Fsp3) is 0.917. The molecule has 0 radical (unpaired) electrons. The number of nitrogens with two attached hydrogens (primary N) is 1. The molecule has 0 atom stereocenters. The molecule has 1 amide bonds. The Bertz CT molecular complexity index is 196. The van der Waals surface area contributed by atoms with Crippen molar-refractivity contribution in [2.45, 2.75) is 32.7 Å². The first-order valence-electron chi connectivity index (χ1n) is 6.27. The quantitative estimate of drug-likeness (QED) is 0.574. The molecular formula is C12H26N2O3. The number of carbonyl (C=O) groups excluding carboxylic acids is 1. The topological polar surface area (TPSA) is 64.8 Å². The highest BCUT2D eigenvalue weighted by atomic mass is 16.5. The molecule has 17 heavy (non-hydrogen) atoms. The highest BCUT2D eigenvalue weighted by Gasteiger charge is 2.20. The van der Waals surface area contributed by atoms with E-state index in [0.29, 0.717) is 26.3 Å². The summed E-state index contributed by atoms with van der Waals surface area (Å²) in [5.74, 6) is 0.0178. The van der Waals surface area contributed by atoms with Crippen molar-refractivity contribution in [1.29, 1.82) is 0 Å². The van der Waals surface area contributed by atoms with E-state index in [2.05, 4.69) is 13.8 Å². The molecule has 0 bridgehead atoms. The Morgan fingerprint density at radius 3 is 2.41 bits per heavy atom. The van der Waals surface area contributed by atoms with E-state index < -0.39 is 0 Å². The molecule has 102 valence electrons. The van der Waals surface area contributed by atoms with Gasteiger partial charge >= 0.3 is 0 Å². The molecule has 0 heterocycles. The molecule has 0 aliphatic rings. The van der Waals surface area contributed by atoms with E-state index in [1.807, 2.05) is 4.90 Å². The van der Waals surface area contributed by atoms with Gasteiger partial charge in [-0.05, 0) is 12.8 Å². The van der Waals surface area contributed by atoms with Gasteiger partial charge in [-0.1, -0.05) is 13.8 Å². The van der Waals surface area contributed by atoms with Gasteiger partial charge in [-0.2, -0.15) is 0 Å². The van der Waals surface area contributed by atoms with Crippen LogP contribution < -0.4 is 5.73 Å². The molecule has 0 aliphatic carbocycles. The Labute approximate surface area is 104 Å². The van der Waals surface area contributed by atoms with E-state index >= 15 is 0 Å². The zero-order chi connectivity index (χ0) is 13.1. The predicted molar refractivity (Wildman–Crippen MR) is 67.8 cm³/mol. The lowest BCUT2D eigenvalue weighted by Gasteiger charge is -2.30.